The standard InChI is InChI=1S/C47H28N2S/c1-2-15-30(16-3-1)40-28-41(34-22-12-17-29-14-4-5-18-31(29)34)49-46(48-40)36-23-13-26-39-43(36)45-44(35-21-8-11-27-42(35)50-45)47(39)37-24-9-6-19-32(37)33-20-7-10-25-38(33)47/h1-28H. The molecule has 2 aromatic heterocycles. The van der Waals surface area contributed by atoms with E-state index in [0.717, 1.165) is 33.9 Å². The molecular formula is C47H28N2S. The minimum Gasteiger partial charge on any atom is -0.228 e. The average molecular weight is 653 g/mol. The first-order valence-corrected chi connectivity index (χ1v) is 17.9. The van der Waals surface area contributed by atoms with E-state index in [9.17, 15) is 0 Å². The highest BCUT2D eigenvalue weighted by Gasteiger charge is 2.54. The van der Waals surface area contributed by atoms with Gasteiger partial charge in [0.05, 0.1) is 16.8 Å². The Morgan fingerprint density at radius 1 is 0.440 bits per heavy atom. The highest BCUT2D eigenvalue weighted by atomic mass is 32.1. The molecule has 0 aliphatic heterocycles. The molecule has 0 bridgehead atoms. The van der Waals surface area contributed by atoms with Crippen LogP contribution in [0, 0.1) is 0 Å². The summed E-state index contributed by atoms with van der Waals surface area (Å²) in [7, 11) is 0. The molecule has 2 aliphatic rings. The lowest BCUT2D eigenvalue weighted by molar-refractivity contribution is 0.802. The predicted octanol–water partition coefficient (Wildman–Crippen LogP) is 12.2. The van der Waals surface area contributed by atoms with Gasteiger partial charge >= 0.3 is 0 Å². The molecule has 0 fully saturated rings. The van der Waals surface area contributed by atoms with Gasteiger partial charge in [-0.1, -0.05) is 158 Å². The van der Waals surface area contributed by atoms with Crippen molar-refractivity contribution in [3.05, 3.63) is 192 Å². The fourth-order valence-electron chi connectivity index (χ4n) is 8.73. The first kappa shape index (κ1) is 27.8. The van der Waals surface area contributed by atoms with Crippen LogP contribution in [0.5, 0.6) is 0 Å². The van der Waals surface area contributed by atoms with E-state index < -0.39 is 5.41 Å². The molecule has 11 rings (SSSR count). The lowest BCUT2D eigenvalue weighted by Gasteiger charge is -2.30. The molecule has 50 heavy (non-hydrogen) atoms. The van der Waals surface area contributed by atoms with Gasteiger partial charge in [-0.25, -0.2) is 9.97 Å². The molecule has 0 saturated carbocycles. The molecule has 2 heterocycles. The van der Waals surface area contributed by atoms with E-state index >= 15 is 0 Å². The molecule has 3 heteroatoms. The normalized spacial score (nSPS) is 13.4. The molecule has 7 aromatic carbocycles. The van der Waals surface area contributed by atoms with Crippen molar-refractivity contribution in [1.29, 1.82) is 0 Å². The second-order valence-electron chi connectivity index (χ2n) is 13.2. The third kappa shape index (κ3) is 3.67. The summed E-state index contributed by atoms with van der Waals surface area (Å²) in [6.07, 6.45) is 0. The Morgan fingerprint density at radius 3 is 1.84 bits per heavy atom. The zero-order chi connectivity index (χ0) is 32.8. The molecule has 0 saturated heterocycles. The van der Waals surface area contributed by atoms with Crippen molar-refractivity contribution in [2.75, 3.05) is 0 Å². The lowest BCUT2D eigenvalue weighted by Crippen LogP contribution is -2.25. The second-order valence-corrected chi connectivity index (χ2v) is 14.3. The molecule has 9 aromatic rings. The molecule has 0 radical (unpaired) electrons. The van der Waals surface area contributed by atoms with Crippen molar-refractivity contribution >= 4 is 32.2 Å². The van der Waals surface area contributed by atoms with Gasteiger partial charge < -0.3 is 0 Å². The molecule has 2 nitrogen and oxygen atoms in total. The first-order valence-electron chi connectivity index (χ1n) is 17.1. The van der Waals surface area contributed by atoms with Crippen molar-refractivity contribution < 1.29 is 0 Å². The highest BCUT2D eigenvalue weighted by Crippen LogP contribution is 2.67. The van der Waals surface area contributed by atoms with E-state index in [1.165, 1.54) is 64.7 Å². The molecular weight excluding hydrogens is 625 g/mol. The van der Waals surface area contributed by atoms with Gasteiger partial charge in [0.15, 0.2) is 5.82 Å². The Bertz CT molecular complexity index is 2780. The summed E-state index contributed by atoms with van der Waals surface area (Å²) in [5.41, 5.74) is 13.9. The number of rotatable bonds is 3. The van der Waals surface area contributed by atoms with Gasteiger partial charge in [0.2, 0.25) is 0 Å². The van der Waals surface area contributed by atoms with Gasteiger partial charge in [-0.15, -0.1) is 11.3 Å². The number of thiophene rings is 1. The quantitative estimate of drug-likeness (QED) is 0.190. The molecule has 0 amide bonds. The van der Waals surface area contributed by atoms with Gasteiger partial charge in [0, 0.05) is 31.8 Å². The molecule has 0 atom stereocenters. The lowest BCUT2D eigenvalue weighted by atomic mass is 9.70. The van der Waals surface area contributed by atoms with Crippen LogP contribution in [0.1, 0.15) is 22.3 Å². The monoisotopic (exact) mass is 652 g/mol. The molecule has 232 valence electrons. The largest absolute Gasteiger partial charge is 0.228 e. The Kier molecular flexibility index (Phi) is 5.78. The van der Waals surface area contributed by atoms with Crippen LogP contribution >= 0.6 is 11.3 Å². The van der Waals surface area contributed by atoms with Crippen LogP contribution in [-0.2, 0) is 5.41 Å². The van der Waals surface area contributed by atoms with E-state index in [2.05, 4.69) is 170 Å². The van der Waals surface area contributed by atoms with Crippen molar-refractivity contribution in [1.82, 2.24) is 9.97 Å². The number of nitrogens with zero attached hydrogens (tertiary/aromatic N) is 2. The van der Waals surface area contributed by atoms with E-state index in [1.807, 2.05) is 11.3 Å². The summed E-state index contributed by atoms with van der Waals surface area (Å²) < 4.78 is 1.30. The molecule has 0 N–H and O–H groups in total. The van der Waals surface area contributed by atoms with Gasteiger partial charge in [-0.05, 0) is 61.7 Å². The van der Waals surface area contributed by atoms with Gasteiger partial charge in [-0.2, -0.15) is 0 Å². The van der Waals surface area contributed by atoms with E-state index in [-0.39, 0.29) is 0 Å². The zero-order valence-corrected chi connectivity index (χ0v) is 27.8. The van der Waals surface area contributed by atoms with Gasteiger partial charge in [0.25, 0.3) is 0 Å². The summed E-state index contributed by atoms with van der Waals surface area (Å²) in [5, 5.41) is 3.70. The maximum absolute atomic E-state index is 5.45. The fraction of sp³-hybridized carbons (Fsp3) is 0.0213. The van der Waals surface area contributed by atoms with Crippen molar-refractivity contribution in [3.63, 3.8) is 0 Å². The van der Waals surface area contributed by atoms with E-state index in [4.69, 9.17) is 9.97 Å². The SMILES string of the molecule is c1ccc(-c2cc(-c3cccc4ccccc34)nc(-c3cccc4c3-c3sc5ccccc5c3C43c4ccccc4-c4ccccc43)n2)cc1. The van der Waals surface area contributed by atoms with Crippen LogP contribution in [0.3, 0.4) is 0 Å². The Balaban J connectivity index is 1.26. The van der Waals surface area contributed by atoms with Crippen LogP contribution in [0.2, 0.25) is 0 Å². The number of hydrogen-bond acceptors (Lipinski definition) is 3. The van der Waals surface area contributed by atoms with Crippen LogP contribution in [-0.4, -0.2) is 9.97 Å². The molecule has 2 aliphatic carbocycles. The summed E-state index contributed by atoms with van der Waals surface area (Å²) in [4.78, 5) is 12.1. The zero-order valence-electron chi connectivity index (χ0n) is 27.0. The fourth-order valence-corrected chi connectivity index (χ4v) is 10.1. The topological polar surface area (TPSA) is 25.8 Å². The minimum atomic E-state index is -0.441. The number of aromatic nitrogens is 2. The maximum Gasteiger partial charge on any atom is 0.161 e. The summed E-state index contributed by atoms with van der Waals surface area (Å²) >= 11 is 1.90. The van der Waals surface area contributed by atoms with E-state index in [0.29, 0.717) is 0 Å². The maximum atomic E-state index is 5.45. The van der Waals surface area contributed by atoms with Crippen molar-refractivity contribution in [3.8, 4) is 55.5 Å². The third-order valence-corrected chi connectivity index (χ3v) is 11.9. The van der Waals surface area contributed by atoms with Crippen molar-refractivity contribution in [2.45, 2.75) is 5.41 Å². The predicted molar refractivity (Wildman–Crippen MR) is 208 cm³/mol. The summed E-state index contributed by atoms with van der Waals surface area (Å²) in [5.74, 6) is 0.742. The Morgan fingerprint density at radius 2 is 1.02 bits per heavy atom. The second kappa shape index (κ2) is 10.4. The summed E-state index contributed by atoms with van der Waals surface area (Å²) in [6, 6.07) is 61.4. The Labute approximate surface area is 294 Å². The van der Waals surface area contributed by atoms with Crippen LogP contribution < -0.4 is 0 Å². The Hall–Kier alpha value is -6.16. The highest BCUT2D eigenvalue weighted by molar-refractivity contribution is 7.22. The van der Waals surface area contributed by atoms with Crippen LogP contribution in [0.15, 0.2) is 170 Å². The number of fused-ring (bicyclic) bond motifs is 13. The summed E-state index contributed by atoms with van der Waals surface area (Å²) in [6.45, 7) is 0. The van der Waals surface area contributed by atoms with Gasteiger partial charge in [-0.3, -0.25) is 0 Å². The van der Waals surface area contributed by atoms with Gasteiger partial charge in [0.1, 0.15) is 0 Å². The van der Waals surface area contributed by atoms with Crippen LogP contribution in [0.25, 0.3) is 76.3 Å². The minimum absolute atomic E-state index is 0.441. The van der Waals surface area contributed by atoms with Crippen LogP contribution in [0.4, 0.5) is 0 Å². The molecule has 0 unspecified atom stereocenters. The third-order valence-electron chi connectivity index (χ3n) is 10.7. The molecule has 1 spiro atoms. The average Bonchev–Trinajstić information content (AvgIpc) is 3.81. The van der Waals surface area contributed by atoms with Crippen molar-refractivity contribution in [2.24, 2.45) is 0 Å². The smallest absolute Gasteiger partial charge is 0.161 e. The number of benzene rings is 7. The van der Waals surface area contributed by atoms with E-state index in [1.54, 1.807) is 0 Å². The number of hydrogen-bond donors (Lipinski definition) is 0. The first-order chi connectivity index (χ1) is 24.8.